The van der Waals surface area contributed by atoms with Gasteiger partial charge in [-0.05, 0) is 56.0 Å². The first-order valence-electron chi connectivity index (χ1n) is 11.6. The topological polar surface area (TPSA) is 57.5 Å². The molecule has 7 heteroatoms. The first-order valence-corrected chi connectivity index (χ1v) is 11.6. The van der Waals surface area contributed by atoms with Crippen molar-refractivity contribution in [1.29, 1.82) is 0 Å². The summed E-state index contributed by atoms with van der Waals surface area (Å²) >= 11 is 0. The highest BCUT2D eigenvalue weighted by Crippen LogP contribution is 2.20. The maximum absolute atomic E-state index is 4.84. The van der Waals surface area contributed by atoms with Crippen LogP contribution in [0.25, 0.3) is 5.69 Å². The van der Waals surface area contributed by atoms with Crippen LogP contribution < -0.4 is 10.6 Å². The number of rotatable bonds is 7. The molecule has 2 unspecified atom stereocenters. The van der Waals surface area contributed by atoms with Crippen molar-refractivity contribution < 1.29 is 0 Å². The van der Waals surface area contributed by atoms with Gasteiger partial charge in [-0.25, -0.2) is 9.67 Å². The van der Waals surface area contributed by atoms with Gasteiger partial charge in [0.05, 0.1) is 12.2 Å². The standard InChI is InChI=1S/C26H34N6.HI/c1-3-27-26(28-19-22-10-12-25(13-11-22)32-16-7-15-29-32)30-24-14-17-31(21(2)18-24)20-23-8-5-4-6-9-23;/h4-13,15-16,21,24H,3,14,17-20H2,1-2H3,(H2,27,28,30);1H. The third-order valence-corrected chi connectivity index (χ3v) is 6.05. The molecule has 1 saturated heterocycles. The van der Waals surface area contributed by atoms with E-state index in [4.69, 9.17) is 4.99 Å². The quantitative estimate of drug-likeness (QED) is 0.253. The van der Waals surface area contributed by atoms with Crippen LogP contribution in [0.4, 0.5) is 0 Å². The Morgan fingerprint density at radius 3 is 2.52 bits per heavy atom. The molecule has 1 aliphatic rings. The molecular weight excluding hydrogens is 523 g/mol. The number of aromatic nitrogens is 2. The first-order chi connectivity index (χ1) is 15.7. The number of aliphatic imine (C=N–C) groups is 1. The molecule has 0 bridgehead atoms. The van der Waals surface area contributed by atoms with Crippen molar-refractivity contribution in [1.82, 2.24) is 25.3 Å². The van der Waals surface area contributed by atoms with Crippen molar-refractivity contribution in [2.75, 3.05) is 13.1 Å². The molecule has 3 aromatic rings. The van der Waals surface area contributed by atoms with Gasteiger partial charge in [0.1, 0.15) is 0 Å². The monoisotopic (exact) mass is 558 g/mol. The summed E-state index contributed by atoms with van der Waals surface area (Å²) in [5.74, 6) is 0.900. The molecule has 2 aromatic carbocycles. The summed E-state index contributed by atoms with van der Waals surface area (Å²) in [6.07, 6.45) is 5.99. The van der Waals surface area contributed by atoms with Crippen LogP contribution in [0, 0.1) is 0 Å². The zero-order valence-electron chi connectivity index (χ0n) is 19.5. The van der Waals surface area contributed by atoms with Crippen molar-refractivity contribution in [3.63, 3.8) is 0 Å². The summed E-state index contributed by atoms with van der Waals surface area (Å²) in [4.78, 5) is 7.42. The van der Waals surface area contributed by atoms with E-state index in [0.717, 1.165) is 44.1 Å². The van der Waals surface area contributed by atoms with E-state index < -0.39 is 0 Å². The number of nitrogens with one attached hydrogen (secondary N) is 2. The van der Waals surface area contributed by atoms with Gasteiger partial charge in [-0.1, -0.05) is 42.5 Å². The molecule has 33 heavy (non-hydrogen) atoms. The minimum absolute atomic E-state index is 0. The van der Waals surface area contributed by atoms with E-state index >= 15 is 0 Å². The minimum Gasteiger partial charge on any atom is -0.357 e. The fourth-order valence-corrected chi connectivity index (χ4v) is 4.26. The molecule has 1 fully saturated rings. The highest BCUT2D eigenvalue weighted by molar-refractivity contribution is 14.0. The lowest BCUT2D eigenvalue weighted by Crippen LogP contribution is -2.51. The SMILES string of the molecule is CCNC(=NCc1ccc(-n2cccn2)cc1)NC1CCN(Cc2ccccc2)C(C)C1.I. The van der Waals surface area contributed by atoms with Crippen LogP contribution in [0.1, 0.15) is 37.8 Å². The molecule has 6 nitrogen and oxygen atoms in total. The summed E-state index contributed by atoms with van der Waals surface area (Å²) in [5.41, 5.74) is 3.63. The lowest BCUT2D eigenvalue weighted by atomic mass is 9.97. The number of guanidine groups is 1. The molecule has 2 heterocycles. The van der Waals surface area contributed by atoms with Crippen molar-refractivity contribution >= 4 is 29.9 Å². The van der Waals surface area contributed by atoms with Crippen molar-refractivity contribution in [3.8, 4) is 5.69 Å². The Morgan fingerprint density at radius 2 is 1.85 bits per heavy atom. The molecule has 1 aliphatic heterocycles. The van der Waals surface area contributed by atoms with Gasteiger partial charge in [-0.15, -0.1) is 24.0 Å². The normalized spacial score (nSPS) is 19.0. The molecule has 0 amide bonds. The van der Waals surface area contributed by atoms with Gasteiger partial charge in [0.15, 0.2) is 5.96 Å². The van der Waals surface area contributed by atoms with E-state index in [1.54, 1.807) is 6.20 Å². The summed E-state index contributed by atoms with van der Waals surface area (Å²) < 4.78 is 1.87. The molecule has 2 N–H and O–H groups in total. The number of piperidine rings is 1. The summed E-state index contributed by atoms with van der Waals surface area (Å²) in [5, 5.41) is 11.4. The maximum Gasteiger partial charge on any atom is 0.191 e. The largest absolute Gasteiger partial charge is 0.357 e. The number of nitrogens with zero attached hydrogens (tertiary/aromatic N) is 4. The average Bonchev–Trinajstić information content (AvgIpc) is 3.36. The second kappa shape index (κ2) is 12.7. The second-order valence-electron chi connectivity index (χ2n) is 8.48. The van der Waals surface area contributed by atoms with Crippen molar-refractivity contribution in [2.24, 2.45) is 4.99 Å². The van der Waals surface area contributed by atoms with Gasteiger partial charge < -0.3 is 10.6 Å². The number of likely N-dealkylation sites (tertiary alicyclic amines) is 1. The lowest BCUT2D eigenvalue weighted by Gasteiger charge is -2.38. The predicted molar refractivity (Wildman–Crippen MR) is 146 cm³/mol. The van der Waals surface area contributed by atoms with Gasteiger partial charge in [-0.3, -0.25) is 4.90 Å². The Bertz CT molecular complexity index is 972. The Hall–Kier alpha value is -2.39. The molecule has 1 aromatic heterocycles. The Labute approximate surface area is 214 Å². The van der Waals surface area contributed by atoms with Crippen LogP contribution in [-0.2, 0) is 13.1 Å². The van der Waals surface area contributed by atoms with Crippen LogP contribution in [0.2, 0.25) is 0 Å². The third-order valence-electron chi connectivity index (χ3n) is 6.05. The van der Waals surface area contributed by atoms with E-state index in [1.165, 1.54) is 11.1 Å². The van der Waals surface area contributed by atoms with Crippen LogP contribution in [0.5, 0.6) is 0 Å². The smallest absolute Gasteiger partial charge is 0.191 e. The van der Waals surface area contributed by atoms with Crippen molar-refractivity contribution in [3.05, 3.63) is 84.2 Å². The van der Waals surface area contributed by atoms with E-state index in [-0.39, 0.29) is 24.0 Å². The minimum atomic E-state index is 0. The van der Waals surface area contributed by atoms with Crippen LogP contribution >= 0.6 is 24.0 Å². The maximum atomic E-state index is 4.84. The zero-order chi connectivity index (χ0) is 22.2. The highest BCUT2D eigenvalue weighted by Gasteiger charge is 2.25. The Morgan fingerprint density at radius 1 is 1.06 bits per heavy atom. The number of halogens is 1. The highest BCUT2D eigenvalue weighted by atomic mass is 127. The van der Waals surface area contributed by atoms with E-state index in [1.807, 2.05) is 16.9 Å². The Balaban J connectivity index is 0.00000306. The number of hydrogen-bond acceptors (Lipinski definition) is 3. The molecular formula is C26H35IN6. The first kappa shape index (κ1) is 25.2. The summed E-state index contributed by atoms with van der Waals surface area (Å²) in [6, 6.07) is 22.1. The number of benzene rings is 2. The summed E-state index contributed by atoms with van der Waals surface area (Å²) in [6.45, 7) is 8.08. The van der Waals surface area contributed by atoms with Gasteiger partial charge in [-0.2, -0.15) is 5.10 Å². The van der Waals surface area contributed by atoms with Crippen LogP contribution in [0.3, 0.4) is 0 Å². The molecule has 176 valence electrons. The van der Waals surface area contributed by atoms with Gasteiger partial charge in [0.2, 0.25) is 0 Å². The number of hydrogen-bond donors (Lipinski definition) is 2. The van der Waals surface area contributed by atoms with Crippen LogP contribution in [-0.4, -0.2) is 45.8 Å². The molecule has 2 atom stereocenters. The average molecular weight is 559 g/mol. The van der Waals surface area contributed by atoms with Gasteiger partial charge in [0.25, 0.3) is 0 Å². The van der Waals surface area contributed by atoms with Crippen LogP contribution in [0.15, 0.2) is 78.0 Å². The molecule has 0 aliphatic carbocycles. The molecule has 4 rings (SSSR count). The van der Waals surface area contributed by atoms with E-state index in [0.29, 0.717) is 18.6 Å². The predicted octanol–water partition coefficient (Wildman–Crippen LogP) is 4.60. The third kappa shape index (κ3) is 7.30. The lowest BCUT2D eigenvalue weighted by molar-refractivity contribution is 0.134. The fourth-order valence-electron chi connectivity index (χ4n) is 4.26. The van der Waals surface area contributed by atoms with E-state index in [2.05, 4.69) is 89.1 Å². The molecule has 0 radical (unpaired) electrons. The second-order valence-corrected chi connectivity index (χ2v) is 8.48. The van der Waals surface area contributed by atoms with Gasteiger partial charge in [0, 0.05) is 44.1 Å². The van der Waals surface area contributed by atoms with E-state index in [9.17, 15) is 0 Å². The molecule has 0 saturated carbocycles. The van der Waals surface area contributed by atoms with Gasteiger partial charge >= 0.3 is 0 Å². The Kier molecular flexibility index (Phi) is 9.75. The van der Waals surface area contributed by atoms with Crippen molar-refractivity contribution in [2.45, 2.75) is 51.9 Å². The zero-order valence-corrected chi connectivity index (χ0v) is 21.9. The fraction of sp³-hybridized carbons (Fsp3) is 0.385. The summed E-state index contributed by atoms with van der Waals surface area (Å²) in [7, 11) is 0. The molecule has 0 spiro atoms.